The van der Waals surface area contributed by atoms with Crippen LogP contribution in [0.25, 0.3) is 17.1 Å². The van der Waals surface area contributed by atoms with Crippen molar-refractivity contribution >= 4 is 28.6 Å². The van der Waals surface area contributed by atoms with Crippen molar-refractivity contribution in [1.29, 1.82) is 0 Å². The molecule has 3 aromatic rings. The van der Waals surface area contributed by atoms with Gasteiger partial charge in [0.25, 0.3) is 0 Å². The van der Waals surface area contributed by atoms with Gasteiger partial charge in [-0.3, -0.25) is 0 Å². The second kappa shape index (κ2) is 4.40. The molecule has 0 saturated heterocycles. The molecule has 0 aliphatic heterocycles. The van der Waals surface area contributed by atoms with Gasteiger partial charge in [-0.05, 0) is 40.1 Å². The first-order valence-corrected chi connectivity index (χ1v) is 6.44. The van der Waals surface area contributed by atoms with Crippen molar-refractivity contribution in [2.45, 2.75) is 0 Å². The summed E-state index contributed by atoms with van der Waals surface area (Å²) in [6.45, 7) is 0. The van der Waals surface area contributed by atoms with E-state index in [1.165, 1.54) is 0 Å². The average molecular weight is 278 g/mol. The first-order valence-electron chi connectivity index (χ1n) is 5.12. The smallest absolute Gasteiger partial charge is 0.187 e. The highest BCUT2D eigenvalue weighted by atomic mass is 35.5. The van der Waals surface area contributed by atoms with Gasteiger partial charge in [-0.15, -0.1) is 5.10 Å². The highest BCUT2D eigenvalue weighted by molar-refractivity contribution is 7.08. The monoisotopic (exact) mass is 277 g/mol. The Bertz CT molecular complexity index is 677. The van der Waals surface area contributed by atoms with Crippen LogP contribution in [0.5, 0.6) is 0 Å². The van der Waals surface area contributed by atoms with Crippen molar-refractivity contribution in [3.05, 3.63) is 40.0 Å². The fourth-order valence-electron chi connectivity index (χ4n) is 1.60. The first kappa shape index (κ1) is 11.2. The zero-order valence-corrected chi connectivity index (χ0v) is 10.7. The van der Waals surface area contributed by atoms with Gasteiger partial charge in [-0.2, -0.15) is 16.0 Å². The minimum Gasteiger partial charge on any atom is -0.398 e. The van der Waals surface area contributed by atoms with E-state index in [0.717, 1.165) is 11.3 Å². The van der Waals surface area contributed by atoms with Gasteiger partial charge in [0.1, 0.15) is 0 Å². The van der Waals surface area contributed by atoms with Gasteiger partial charge in [-0.1, -0.05) is 11.6 Å². The number of hydrogen-bond donors (Lipinski definition) is 1. The Morgan fingerprint density at radius 1 is 1.28 bits per heavy atom. The molecular weight excluding hydrogens is 270 g/mol. The zero-order valence-electron chi connectivity index (χ0n) is 9.12. The Morgan fingerprint density at radius 2 is 2.17 bits per heavy atom. The summed E-state index contributed by atoms with van der Waals surface area (Å²) < 4.78 is 1.67. The third-order valence-corrected chi connectivity index (χ3v) is 3.49. The van der Waals surface area contributed by atoms with Gasteiger partial charge < -0.3 is 5.73 Å². The fraction of sp³-hybridized carbons (Fsp3) is 0. The zero-order chi connectivity index (χ0) is 12.5. The Morgan fingerprint density at radius 3 is 2.89 bits per heavy atom. The van der Waals surface area contributed by atoms with E-state index in [-0.39, 0.29) is 0 Å². The van der Waals surface area contributed by atoms with Gasteiger partial charge >= 0.3 is 0 Å². The summed E-state index contributed by atoms with van der Waals surface area (Å²) in [5.74, 6) is 0.636. The summed E-state index contributed by atoms with van der Waals surface area (Å²) in [4.78, 5) is 0. The lowest BCUT2D eigenvalue weighted by molar-refractivity contribution is 0.793. The molecule has 0 spiro atoms. The molecule has 0 amide bonds. The molecule has 2 N–H and O–H groups in total. The minimum atomic E-state index is 0.508. The van der Waals surface area contributed by atoms with Gasteiger partial charge in [0, 0.05) is 10.9 Å². The molecule has 0 atom stereocenters. The van der Waals surface area contributed by atoms with E-state index >= 15 is 0 Å². The van der Waals surface area contributed by atoms with E-state index in [2.05, 4.69) is 15.5 Å². The summed E-state index contributed by atoms with van der Waals surface area (Å²) in [7, 11) is 0. The van der Waals surface area contributed by atoms with Crippen LogP contribution in [0, 0.1) is 0 Å². The molecule has 1 aromatic carbocycles. The second-order valence-corrected chi connectivity index (χ2v) is 4.82. The summed E-state index contributed by atoms with van der Waals surface area (Å²) in [5.41, 5.74) is 8.05. The number of tetrazole rings is 1. The lowest BCUT2D eigenvalue weighted by Gasteiger charge is -2.04. The minimum absolute atomic E-state index is 0.508. The van der Waals surface area contributed by atoms with Crippen LogP contribution >= 0.6 is 22.9 Å². The summed E-state index contributed by atoms with van der Waals surface area (Å²) in [5, 5.41) is 16.2. The molecule has 18 heavy (non-hydrogen) atoms. The number of hydrogen-bond acceptors (Lipinski definition) is 5. The van der Waals surface area contributed by atoms with E-state index in [0.29, 0.717) is 16.5 Å². The van der Waals surface area contributed by atoms with Crippen LogP contribution in [0.15, 0.2) is 35.0 Å². The molecule has 0 bridgehead atoms. The maximum Gasteiger partial charge on any atom is 0.187 e. The third kappa shape index (κ3) is 1.85. The molecule has 0 unspecified atom stereocenters. The van der Waals surface area contributed by atoms with Crippen LogP contribution < -0.4 is 5.73 Å². The van der Waals surface area contributed by atoms with Crippen LogP contribution in [0.3, 0.4) is 0 Å². The number of nitrogen functional groups attached to an aromatic ring is 1. The summed E-state index contributed by atoms with van der Waals surface area (Å²) in [6.07, 6.45) is 0. The maximum absolute atomic E-state index is 5.90. The van der Waals surface area contributed by atoms with Crippen molar-refractivity contribution < 1.29 is 0 Å². The topological polar surface area (TPSA) is 69.6 Å². The Hall–Kier alpha value is -1.92. The van der Waals surface area contributed by atoms with Gasteiger partial charge in [0.2, 0.25) is 0 Å². The Kier molecular flexibility index (Phi) is 2.73. The average Bonchev–Trinajstić information content (AvgIpc) is 3.00. The van der Waals surface area contributed by atoms with Crippen molar-refractivity contribution in [2.75, 3.05) is 5.73 Å². The predicted octanol–water partition coefficient (Wildman–Crippen LogP) is 2.63. The molecule has 2 aromatic heterocycles. The first-order chi connectivity index (χ1) is 8.75. The number of benzene rings is 1. The number of rotatable bonds is 2. The largest absolute Gasteiger partial charge is 0.398 e. The van der Waals surface area contributed by atoms with E-state index in [9.17, 15) is 0 Å². The summed E-state index contributed by atoms with van der Waals surface area (Å²) in [6, 6.07) is 7.28. The molecule has 0 radical (unpaired) electrons. The number of nitrogens with zero attached hydrogens (tertiary/aromatic N) is 4. The van der Waals surface area contributed by atoms with Crippen LogP contribution in [-0.2, 0) is 0 Å². The lowest BCUT2D eigenvalue weighted by Crippen LogP contribution is -1.98. The van der Waals surface area contributed by atoms with Crippen LogP contribution in [0.1, 0.15) is 0 Å². The standard InChI is InChI=1S/C11H8ClN5S/c12-9-2-1-7(5-10(9)13)11-14-15-16-17(11)8-3-4-18-6-8/h1-6H,13H2. The van der Waals surface area contributed by atoms with Crippen LogP contribution in [0.2, 0.25) is 5.02 Å². The number of halogens is 1. The predicted molar refractivity (Wildman–Crippen MR) is 71.9 cm³/mol. The van der Waals surface area contributed by atoms with E-state index < -0.39 is 0 Å². The number of aromatic nitrogens is 4. The van der Waals surface area contributed by atoms with Crippen LogP contribution in [0.4, 0.5) is 5.69 Å². The number of nitrogens with two attached hydrogens (primary N) is 1. The normalized spacial score (nSPS) is 10.7. The molecule has 3 rings (SSSR count). The molecule has 5 nitrogen and oxygen atoms in total. The molecule has 90 valence electrons. The molecule has 0 fully saturated rings. The number of thiophene rings is 1. The SMILES string of the molecule is Nc1cc(-c2nnnn2-c2ccsc2)ccc1Cl. The quantitative estimate of drug-likeness (QED) is 0.731. The fourth-order valence-corrected chi connectivity index (χ4v) is 2.33. The highest BCUT2D eigenvalue weighted by Gasteiger charge is 2.11. The van der Waals surface area contributed by atoms with E-state index in [1.54, 1.807) is 28.2 Å². The maximum atomic E-state index is 5.90. The molecular formula is C11H8ClN5S. The van der Waals surface area contributed by atoms with Gasteiger partial charge in [0.15, 0.2) is 5.82 Å². The molecule has 0 saturated carbocycles. The number of anilines is 1. The molecule has 7 heteroatoms. The third-order valence-electron chi connectivity index (χ3n) is 2.47. The van der Waals surface area contributed by atoms with Crippen molar-refractivity contribution in [3.63, 3.8) is 0 Å². The lowest BCUT2D eigenvalue weighted by atomic mass is 10.2. The van der Waals surface area contributed by atoms with Gasteiger partial charge in [-0.25, -0.2) is 0 Å². The van der Waals surface area contributed by atoms with Crippen molar-refractivity contribution in [2.24, 2.45) is 0 Å². The van der Waals surface area contributed by atoms with Gasteiger partial charge in [0.05, 0.1) is 16.4 Å². The van der Waals surface area contributed by atoms with E-state index in [4.69, 9.17) is 17.3 Å². The van der Waals surface area contributed by atoms with Crippen molar-refractivity contribution in [1.82, 2.24) is 20.2 Å². The molecule has 0 aliphatic rings. The van der Waals surface area contributed by atoms with Crippen molar-refractivity contribution in [3.8, 4) is 17.1 Å². The molecule has 2 heterocycles. The Balaban J connectivity index is 2.13. The van der Waals surface area contributed by atoms with Crippen LogP contribution in [-0.4, -0.2) is 20.2 Å². The Labute approximate surface area is 112 Å². The summed E-state index contributed by atoms with van der Waals surface area (Å²) >= 11 is 7.48. The molecule has 0 aliphatic carbocycles. The second-order valence-electron chi connectivity index (χ2n) is 3.63. The highest BCUT2D eigenvalue weighted by Crippen LogP contribution is 2.26. The van der Waals surface area contributed by atoms with E-state index in [1.807, 2.05) is 22.9 Å².